The van der Waals surface area contributed by atoms with E-state index in [0.717, 1.165) is 24.9 Å². The number of likely N-dealkylation sites (N-methyl/N-ethyl adjacent to an activating group) is 1. The Morgan fingerprint density at radius 2 is 1.67 bits per heavy atom. The molecule has 3 rings (SSSR count). The maximum atomic E-state index is 3.53. The monoisotopic (exact) mass is 279 g/mol. The Kier molecular flexibility index (Phi) is 4.72. The van der Waals surface area contributed by atoms with Gasteiger partial charge in [-0.05, 0) is 48.3 Å². The fourth-order valence-electron chi connectivity index (χ4n) is 3.36. The van der Waals surface area contributed by atoms with Crippen LogP contribution in [-0.2, 0) is 0 Å². The molecular formula is C20H25N. The Morgan fingerprint density at radius 1 is 1.00 bits per heavy atom. The molecule has 0 radical (unpaired) electrons. The van der Waals surface area contributed by atoms with Gasteiger partial charge in [0.05, 0.1) is 0 Å². The van der Waals surface area contributed by atoms with Crippen LogP contribution in [0.4, 0.5) is 0 Å². The topological polar surface area (TPSA) is 12.0 Å². The van der Waals surface area contributed by atoms with Crippen molar-refractivity contribution in [3.8, 4) is 0 Å². The highest BCUT2D eigenvalue weighted by Crippen LogP contribution is 2.51. The van der Waals surface area contributed by atoms with Crippen LogP contribution in [0.5, 0.6) is 0 Å². The fourth-order valence-corrected chi connectivity index (χ4v) is 3.36. The van der Waals surface area contributed by atoms with Crippen molar-refractivity contribution in [1.29, 1.82) is 0 Å². The predicted molar refractivity (Wildman–Crippen MR) is 89.6 cm³/mol. The molecule has 1 aliphatic rings. The molecule has 0 heterocycles. The summed E-state index contributed by atoms with van der Waals surface area (Å²) in [7, 11) is 0. The van der Waals surface area contributed by atoms with Crippen molar-refractivity contribution in [1.82, 2.24) is 5.32 Å². The second-order valence-corrected chi connectivity index (χ2v) is 6.16. The molecule has 0 saturated heterocycles. The first kappa shape index (κ1) is 14.3. The van der Waals surface area contributed by atoms with Crippen molar-refractivity contribution < 1.29 is 0 Å². The third kappa shape index (κ3) is 3.74. The van der Waals surface area contributed by atoms with Crippen LogP contribution in [0.1, 0.15) is 42.7 Å². The molecule has 1 N–H and O–H groups in total. The van der Waals surface area contributed by atoms with E-state index in [2.05, 4.69) is 72.9 Å². The average molecular weight is 279 g/mol. The van der Waals surface area contributed by atoms with Crippen LogP contribution in [0.3, 0.4) is 0 Å². The molecule has 110 valence electrons. The van der Waals surface area contributed by atoms with E-state index in [1.165, 1.54) is 24.0 Å². The zero-order valence-electron chi connectivity index (χ0n) is 12.8. The summed E-state index contributed by atoms with van der Waals surface area (Å²) in [6, 6.07) is 22.0. The Morgan fingerprint density at radius 3 is 2.33 bits per heavy atom. The Labute approximate surface area is 128 Å². The summed E-state index contributed by atoms with van der Waals surface area (Å²) >= 11 is 0. The molecule has 0 spiro atoms. The lowest BCUT2D eigenvalue weighted by molar-refractivity contribution is 0.525. The lowest BCUT2D eigenvalue weighted by Gasteiger charge is -2.18. The molecule has 0 aromatic heterocycles. The van der Waals surface area contributed by atoms with Crippen molar-refractivity contribution in [3.63, 3.8) is 0 Å². The van der Waals surface area contributed by atoms with Crippen LogP contribution >= 0.6 is 0 Å². The van der Waals surface area contributed by atoms with Crippen LogP contribution in [0, 0.1) is 5.92 Å². The number of rotatable bonds is 7. The largest absolute Gasteiger partial charge is 0.316 e. The number of nitrogens with one attached hydrogen (secondary N) is 1. The van der Waals surface area contributed by atoms with Crippen LogP contribution in [0.25, 0.3) is 0 Å². The minimum atomic E-state index is 0.643. The van der Waals surface area contributed by atoms with Gasteiger partial charge in [-0.3, -0.25) is 0 Å². The number of hydrogen-bond acceptors (Lipinski definition) is 1. The zero-order valence-corrected chi connectivity index (χ0v) is 12.8. The maximum absolute atomic E-state index is 3.53. The van der Waals surface area contributed by atoms with Gasteiger partial charge in [0.1, 0.15) is 0 Å². The average Bonchev–Trinajstić information content (AvgIpc) is 3.32. The third-order valence-electron chi connectivity index (χ3n) is 4.65. The molecule has 3 unspecified atom stereocenters. The van der Waals surface area contributed by atoms with Gasteiger partial charge < -0.3 is 5.32 Å². The molecule has 0 amide bonds. The van der Waals surface area contributed by atoms with Gasteiger partial charge in [-0.1, -0.05) is 67.6 Å². The quantitative estimate of drug-likeness (QED) is 0.782. The van der Waals surface area contributed by atoms with Crippen LogP contribution in [0.2, 0.25) is 0 Å². The summed E-state index contributed by atoms with van der Waals surface area (Å²) in [6.07, 6.45) is 2.66. The van der Waals surface area contributed by atoms with E-state index in [1.54, 1.807) is 0 Å². The second-order valence-electron chi connectivity index (χ2n) is 6.16. The first-order chi connectivity index (χ1) is 10.4. The molecule has 0 aliphatic heterocycles. The van der Waals surface area contributed by atoms with Gasteiger partial charge in [-0.2, -0.15) is 0 Å². The molecular weight excluding hydrogens is 254 g/mol. The molecule has 2 aromatic carbocycles. The van der Waals surface area contributed by atoms with Crippen LogP contribution < -0.4 is 5.32 Å². The van der Waals surface area contributed by atoms with Gasteiger partial charge in [-0.15, -0.1) is 0 Å². The van der Waals surface area contributed by atoms with Gasteiger partial charge >= 0.3 is 0 Å². The third-order valence-corrected chi connectivity index (χ3v) is 4.65. The van der Waals surface area contributed by atoms with Gasteiger partial charge in [0.2, 0.25) is 0 Å². The van der Waals surface area contributed by atoms with Crippen LogP contribution in [-0.4, -0.2) is 13.1 Å². The first-order valence-electron chi connectivity index (χ1n) is 8.19. The lowest BCUT2D eigenvalue weighted by Crippen LogP contribution is -2.21. The van der Waals surface area contributed by atoms with Gasteiger partial charge in [-0.25, -0.2) is 0 Å². The van der Waals surface area contributed by atoms with Gasteiger partial charge in [0.25, 0.3) is 0 Å². The molecule has 1 aliphatic carbocycles. The minimum absolute atomic E-state index is 0.643. The summed E-state index contributed by atoms with van der Waals surface area (Å²) in [5.74, 6) is 2.29. The molecule has 0 bridgehead atoms. The molecule has 21 heavy (non-hydrogen) atoms. The molecule has 1 saturated carbocycles. The van der Waals surface area contributed by atoms with Gasteiger partial charge in [0.15, 0.2) is 0 Å². The van der Waals surface area contributed by atoms with Crippen molar-refractivity contribution in [2.45, 2.75) is 31.6 Å². The summed E-state index contributed by atoms with van der Waals surface area (Å²) < 4.78 is 0. The SMILES string of the molecule is CCNCC(CC1CC1c1ccccc1)c1ccccc1. The van der Waals surface area contributed by atoms with E-state index < -0.39 is 0 Å². The van der Waals surface area contributed by atoms with E-state index >= 15 is 0 Å². The van der Waals surface area contributed by atoms with E-state index in [4.69, 9.17) is 0 Å². The first-order valence-corrected chi connectivity index (χ1v) is 8.19. The van der Waals surface area contributed by atoms with Crippen molar-refractivity contribution in [2.75, 3.05) is 13.1 Å². The van der Waals surface area contributed by atoms with E-state index in [-0.39, 0.29) is 0 Å². The number of benzene rings is 2. The summed E-state index contributed by atoms with van der Waals surface area (Å²) in [4.78, 5) is 0. The zero-order chi connectivity index (χ0) is 14.5. The van der Waals surface area contributed by atoms with Gasteiger partial charge in [0, 0.05) is 6.54 Å². The second kappa shape index (κ2) is 6.91. The smallest absolute Gasteiger partial charge is 0.00201 e. The summed E-state index contributed by atoms with van der Waals surface area (Å²) in [5, 5.41) is 3.53. The highest BCUT2D eigenvalue weighted by atomic mass is 14.8. The molecule has 1 nitrogen and oxygen atoms in total. The molecule has 1 heteroatoms. The molecule has 2 aromatic rings. The summed E-state index contributed by atoms with van der Waals surface area (Å²) in [6.45, 7) is 4.33. The summed E-state index contributed by atoms with van der Waals surface area (Å²) in [5.41, 5.74) is 3.01. The predicted octanol–water partition coefficient (Wildman–Crippen LogP) is 4.57. The molecule has 3 atom stereocenters. The Hall–Kier alpha value is -1.60. The highest BCUT2D eigenvalue weighted by Gasteiger charge is 2.39. The van der Waals surface area contributed by atoms with Crippen molar-refractivity contribution in [2.24, 2.45) is 5.92 Å². The van der Waals surface area contributed by atoms with E-state index in [0.29, 0.717) is 5.92 Å². The lowest BCUT2D eigenvalue weighted by atomic mass is 9.92. The van der Waals surface area contributed by atoms with Crippen LogP contribution in [0.15, 0.2) is 60.7 Å². The van der Waals surface area contributed by atoms with Crippen molar-refractivity contribution >= 4 is 0 Å². The van der Waals surface area contributed by atoms with Crippen molar-refractivity contribution in [3.05, 3.63) is 71.8 Å². The highest BCUT2D eigenvalue weighted by molar-refractivity contribution is 5.27. The number of hydrogen-bond donors (Lipinski definition) is 1. The Balaban J connectivity index is 1.63. The minimum Gasteiger partial charge on any atom is -0.316 e. The standard InChI is InChI=1S/C20H25N/c1-2-21-15-19(16-9-5-3-6-10-16)13-18-14-20(18)17-11-7-4-8-12-17/h3-12,18-21H,2,13-15H2,1H3. The maximum Gasteiger partial charge on any atom is 0.00201 e. The fraction of sp³-hybridized carbons (Fsp3) is 0.400. The Bertz CT molecular complexity index is 534. The van der Waals surface area contributed by atoms with E-state index in [9.17, 15) is 0 Å². The molecule has 1 fully saturated rings. The normalized spacial score (nSPS) is 22.0. The van der Waals surface area contributed by atoms with E-state index in [1.807, 2.05) is 0 Å².